The van der Waals surface area contributed by atoms with E-state index in [1.54, 1.807) is 0 Å². The molecule has 104 valence electrons. The van der Waals surface area contributed by atoms with Crippen LogP contribution in [-0.4, -0.2) is 33.7 Å². The third-order valence-electron chi connectivity index (χ3n) is 2.39. The highest BCUT2D eigenvalue weighted by molar-refractivity contribution is 8.13. The first-order valence-corrected chi connectivity index (χ1v) is 7.32. The molecule has 1 fully saturated rings. The fourth-order valence-corrected chi connectivity index (χ4v) is 2.27. The molecule has 0 bridgehead atoms. The molecule has 5 nitrogen and oxygen atoms in total. The highest BCUT2D eigenvalue weighted by atomic mass is 35.7. The Morgan fingerprint density at radius 2 is 1.95 bits per heavy atom. The lowest BCUT2D eigenvalue weighted by Crippen LogP contribution is -2.38. The van der Waals surface area contributed by atoms with Crippen molar-refractivity contribution in [2.24, 2.45) is 0 Å². The van der Waals surface area contributed by atoms with Gasteiger partial charge in [-0.15, -0.1) is 0 Å². The highest BCUT2D eigenvalue weighted by Crippen LogP contribution is 2.23. The molecule has 0 saturated carbocycles. The fraction of sp³-hybridized carbons (Fsp3) is 0.300. The van der Waals surface area contributed by atoms with Crippen LogP contribution in [0, 0.1) is 11.6 Å². The van der Waals surface area contributed by atoms with Gasteiger partial charge < -0.3 is 9.47 Å². The molecule has 0 unspecified atom stereocenters. The summed E-state index contributed by atoms with van der Waals surface area (Å²) in [7, 11) is 0.546. The van der Waals surface area contributed by atoms with Gasteiger partial charge in [0.2, 0.25) is 0 Å². The van der Waals surface area contributed by atoms with E-state index in [1.807, 2.05) is 0 Å². The molecule has 1 heterocycles. The molecule has 0 N–H and O–H groups in total. The van der Waals surface area contributed by atoms with E-state index in [9.17, 15) is 22.0 Å². The molecule has 1 saturated heterocycles. The second kappa shape index (κ2) is 5.03. The molecule has 1 aliphatic rings. The van der Waals surface area contributed by atoms with Crippen LogP contribution in [0.3, 0.4) is 0 Å². The molecular formula is C10H7ClF2O5S. The molecule has 0 spiro atoms. The summed E-state index contributed by atoms with van der Waals surface area (Å²) in [5, 5.41) is 0. The molecule has 0 aromatic heterocycles. The molecule has 1 aromatic rings. The van der Waals surface area contributed by atoms with Crippen molar-refractivity contribution < 1.29 is 31.5 Å². The lowest BCUT2D eigenvalue weighted by atomic mass is 10.2. The minimum absolute atomic E-state index is 0.176. The zero-order chi connectivity index (χ0) is 14.2. The number of esters is 1. The maximum Gasteiger partial charge on any atom is 0.341 e. The Balaban J connectivity index is 2.36. The maximum absolute atomic E-state index is 13.4. The van der Waals surface area contributed by atoms with Gasteiger partial charge >= 0.3 is 5.97 Å². The molecule has 0 radical (unpaired) electrons. The number of benzene rings is 1. The zero-order valence-corrected chi connectivity index (χ0v) is 10.8. The summed E-state index contributed by atoms with van der Waals surface area (Å²) in [6.07, 6.45) is -0.520. The summed E-state index contributed by atoms with van der Waals surface area (Å²) in [6, 6.07) is 0.776. The second-order valence-electron chi connectivity index (χ2n) is 3.77. The number of carbonyl (C=O) groups excluding carboxylic acids is 1. The summed E-state index contributed by atoms with van der Waals surface area (Å²) < 4.78 is 58.4. The van der Waals surface area contributed by atoms with Crippen LogP contribution < -0.4 is 0 Å². The normalized spacial score (nSPS) is 15.9. The van der Waals surface area contributed by atoms with E-state index < -0.39 is 43.2 Å². The van der Waals surface area contributed by atoms with Gasteiger partial charge in [-0.1, -0.05) is 0 Å². The van der Waals surface area contributed by atoms with Crippen molar-refractivity contribution in [3.8, 4) is 0 Å². The second-order valence-corrected chi connectivity index (χ2v) is 6.30. The smallest absolute Gasteiger partial charge is 0.341 e. The van der Waals surface area contributed by atoms with Gasteiger partial charge in [-0.25, -0.2) is 22.0 Å². The Morgan fingerprint density at radius 3 is 2.42 bits per heavy atom. The monoisotopic (exact) mass is 312 g/mol. The van der Waals surface area contributed by atoms with Crippen molar-refractivity contribution in [2.75, 3.05) is 13.2 Å². The molecule has 0 atom stereocenters. The Hall–Kier alpha value is -1.25. The molecular weight excluding hydrogens is 306 g/mol. The van der Waals surface area contributed by atoms with Crippen LogP contribution in [-0.2, 0) is 18.5 Å². The molecule has 0 aliphatic carbocycles. The number of rotatable bonds is 3. The lowest BCUT2D eigenvalue weighted by Gasteiger charge is -2.25. The van der Waals surface area contributed by atoms with Gasteiger partial charge in [0, 0.05) is 16.7 Å². The predicted octanol–water partition coefficient (Wildman–Crippen LogP) is 1.45. The largest absolute Gasteiger partial charge is 0.454 e. The number of halogens is 3. The van der Waals surface area contributed by atoms with Gasteiger partial charge in [0.15, 0.2) is 0 Å². The first-order valence-electron chi connectivity index (χ1n) is 5.01. The number of carbonyl (C=O) groups is 1. The van der Waals surface area contributed by atoms with Crippen LogP contribution in [0.25, 0.3) is 0 Å². The number of ether oxygens (including phenoxy) is 2. The van der Waals surface area contributed by atoms with Crippen molar-refractivity contribution in [1.82, 2.24) is 0 Å². The minimum atomic E-state index is -4.43. The van der Waals surface area contributed by atoms with Crippen molar-refractivity contribution in [3.63, 3.8) is 0 Å². The Kier molecular flexibility index (Phi) is 3.75. The Morgan fingerprint density at radius 1 is 1.32 bits per heavy atom. The number of hydrogen-bond acceptors (Lipinski definition) is 5. The van der Waals surface area contributed by atoms with Gasteiger partial charge in [-0.2, -0.15) is 0 Å². The topological polar surface area (TPSA) is 69.7 Å². The maximum atomic E-state index is 13.4. The zero-order valence-electron chi connectivity index (χ0n) is 9.23. The minimum Gasteiger partial charge on any atom is -0.454 e. The van der Waals surface area contributed by atoms with E-state index in [2.05, 4.69) is 0 Å². The number of hydrogen-bond donors (Lipinski definition) is 0. The molecule has 1 aliphatic heterocycles. The van der Waals surface area contributed by atoms with E-state index in [1.165, 1.54) is 0 Å². The van der Waals surface area contributed by atoms with Crippen LogP contribution in [0.15, 0.2) is 17.0 Å². The Bertz CT molecular complexity index is 627. The third-order valence-corrected chi connectivity index (χ3v) is 3.72. The molecule has 2 rings (SSSR count). The molecule has 9 heteroatoms. The van der Waals surface area contributed by atoms with E-state index in [-0.39, 0.29) is 19.3 Å². The first-order chi connectivity index (χ1) is 8.79. The van der Waals surface area contributed by atoms with Gasteiger partial charge in [-0.3, -0.25) is 0 Å². The standard InChI is InChI=1S/C10H7ClF2O5S/c11-19(15,16)9-1-6(7(12)2-8(9)13)10(14)18-5-3-17-4-5/h1-2,5H,3-4H2. The Labute approximate surface area is 111 Å². The van der Waals surface area contributed by atoms with Crippen molar-refractivity contribution in [1.29, 1.82) is 0 Å². The average Bonchev–Trinajstić information content (AvgIpc) is 2.21. The molecule has 0 amide bonds. The predicted molar refractivity (Wildman–Crippen MR) is 59.4 cm³/mol. The quantitative estimate of drug-likeness (QED) is 0.624. The van der Waals surface area contributed by atoms with Crippen molar-refractivity contribution >= 4 is 25.7 Å². The van der Waals surface area contributed by atoms with Crippen LogP contribution in [0.4, 0.5) is 8.78 Å². The lowest BCUT2D eigenvalue weighted by molar-refractivity contribution is -0.103. The van der Waals surface area contributed by atoms with Gasteiger partial charge in [0.1, 0.15) is 22.6 Å². The summed E-state index contributed by atoms with van der Waals surface area (Å²) in [6.45, 7) is 0.352. The van der Waals surface area contributed by atoms with E-state index >= 15 is 0 Å². The molecule has 19 heavy (non-hydrogen) atoms. The average molecular weight is 313 g/mol. The summed E-state index contributed by atoms with van der Waals surface area (Å²) >= 11 is 0. The summed E-state index contributed by atoms with van der Waals surface area (Å²) in [4.78, 5) is 10.6. The van der Waals surface area contributed by atoms with Gasteiger partial charge in [-0.05, 0) is 6.07 Å². The van der Waals surface area contributed by atoms with Crippen LogP contribution in [0.5, 0.6) is 0 Å². The van der Waals surface area contributed by atoms with Crippen LogP contribution in [0.2, 0.25) is 0 Å². The van der Waals surface area contributed by atoms with Crippen LogP contribution in [0.1, 0.15) is 10.4 Å². The summed E-state index contributed by atoms with van der Waals surface area (Å²) in [5.41, 5.74) is -0.701. The fourth-order valence-electron chi connectivity index (χ4n) is 1.37. The van der Waals surface area contributed by atoms with Crippen molar-refractivity contribution in [3.05, 3.63) is 29.3 Å². The molecule has 1 aromatic carbocycles. The van der Waals surface area contributed by atoms with Gasteiger partial charge in [0.25, 0.3) is 9.05 Å². The highest BCUT2D eigenvalue weighted by Gasteiger charge is 2.27. The van der Waals surface area contributed by atoms with E-state index in [0.717, 1.165) is 0 Å². The van der Waals surface area contributed by atoms with E-state index in [4.69, 9.17) is 20.2 Å². The van der Waals surface area contributed by atoms with E-state index in [0.29, 0.717) is 6.07 Å². The van der Waals surface area contributed by atoms with Crippen LogP contribution >= 0.6 is 10.7 Å². The SMILES string of the molecule is O=C(OC1COC1)c1cc(S(=O)(=O)Cl)c(F)cc1F. The third kappa shape index (κ3) is 3.02. The first kappa shape index (κ1) is 14.2. The van der Waals surface area contributed by atoms with Crippen molar-refractivity contribution in [2.45, 2.75) is 11.0 Å². The van der Waals surface area contributed by atoms with Gasteiger partial charge in [0.05, 0.1) is 18.8 Å². The summed E-state index contributed by atoms with van der Waals surface area (Å²) in [5.74, 6) is -3.71.